The van der Waals surface area contributed by atoms with Crippen LogP contribution in [0.5, 0.6) is 0 Å². The van der Waals surface area contributed by atoms with Crippen molar-refractivity contribution >= 4 is 40.5 Å². The van der Waals surface area contributed by atoms with E-state index in [2.05, 4.69) is 5.16 Å². The molecular weight excluding hydrogens is 410 g/mol. The molecular formula is C20H18Cl3FN2O. The summed E-state index contributed by atoms with van der Waals surface area (Å²) in [5.74, 6) is 0. The van der Waals surface area contributed by atoms with Gasteiger partial charge < -0.3 is 10.6 Å². The highest BCUT2D eigenvalue weighted by molar-refractivity contribution is 6.48. The standard InChI is InChI=1S/C20H18Cl3FN2O/c1-19(13-6-15(21)18(23)16(22)7-13)10-17(26-27-19)11-2-4-12(5-3-11)20(24)8-14(25)9-20/h2-7,14H,8-10,25H2,1H3. The van der Waals surface area contributed by atoms with Crippen molar-refractivity contribution in [3.63, 3.8) is 0 Å². The van der Waals surface area contributed by atoms with Gasteiger partial charge in [0.15, 0.2) is 5.60 Å². The number of rotatable bonds is 3. The van der Waals surface area contributed by atoms with Gasteiger partial charge in [-0.1, -0.05) is 64.2 Å². The van der Waals surface area contributed by atoms with Crippen LogP contribution in [0.1, 0.15) is 42.9 Å². The molecule has 3 nitrogen and oxygen atoms in total. The number of halogens is 4. The quantitative estimate of drug-likeness (QED) is 0.613. The van der Waals surface area contributed by atoms with Crippen LogP contribution >= 0.6 is 34.8 Å². The Kier molecular flexibility index (Phi) is 4.66. The average molecular weight is 428 g/mol. The number of hydrogen-bond donors (Lipinski definition) is 1. The molecule has 1 saturated carbocycles. The van der Waals surface area contributed by atoms with Crippen LogP contribution in [-0.4, -0.2) is 11.8 Å². The van der Waals surface area contributed by atoms with E-state index in [4.69, 9.17) is 45.4 Å². The van der Waals surface area contributed by atoms with Crippen molar-refractivity contribution in [2.45, 2.75) is 43.5 Å². The molecule has 1 unspecified atom stereocenters. The lowest BCUT2D eigenvalue weighted by molar-refractivity contribution is -0.00737. The molecule has 0 radical (unpaired) electrons. The second kappa shape index (κ2) is 6.63. The summed E-state index contributed by atoms with van der Waals surface area (Å²) in [5.41, 5.74) is 6.85. The van der Waals surface area contributed by atoms with Gasteiger partial charge in [-0.2, -0.15) is 0 Å². The lowest BCUT2D eigenvalue weighted by atomic mass is 9.73. The predicted octanol–water partition coefficient (Wildman–Crippen LogP) is 5.97. The van der Waals surface area contributed by atoms with Gasteiger partial charge in [-0.25, -0.2) is 4.39 Å². The first-order valence-electron chi connectivity index (χ1n) is 8.66. The van der Waals surface area contributed by atoms with Gasteiger partial charge in [0, 0.05) is 30.9 Å². The van der Waals surface area contributed by atoms with E-state index in [1.54, 1.807) is 24.3 Å². The molecule has 1 aliphatic heterocycles. The molecule has 1 atom stereocenters. The maximum absolute atomic E-state index is 14.7. The number of alkyl halides is 1. The third kappa shape index (κ3) is 3.33. The van der Waals surface area contributed by atoms with E-state index in [9.17, 15) is 4.39 Å². The molecule has 2 aliphatic rings. The lowest BCUT2D eigenvalue weighted by Gasteiger charge is -2.39. The van der Waals surface area contributed by atoms with Crippen molar-refractivity contribution in [3.8, 4) is 0 Å². The van der Waals surface area contributed by atoms with E-state index in [0.717, 1.165) is 16.8 Å². The van der Waals surface area contributed by atoms with Gasteiger partial charge in [0.2, 0.25) is 0 Å². The van der Waals surface area contributed by atoms with E-state index in [1.807, 2.05) is 19.1 Å². The Balaban J connectivity index is 1.54. The zero-order chi connectivity index (χ0) is 19.4. The minimum atomic E-state index is -1.31. The summed E-state index contributed by atoms with van der Waals surface area (Å²) in [6.07, 6.45) is 1.27. The van der Waals surface area contributed by atoms with Crippen LogP contribution in [0.3, 0.4) is 0 Å². The first-order chi connectivity index (χ1) is 12.7. The Morgan fingerprint density at radius 1 is 1.07 bits per heavy atom. The molecule has 7 heteroatoms. The normalized spacial score (nSPS) is 29.9. The third-order valence-corrected chi connectivity index (χ3v) is 6.56. The lowest BCUT2D eigenvalue weighted by Crippen LogP contribution is -2.46. The fourth-order valence-electron chi connectivity index (χ4n) is 3.68. The molecule has 0 saturated heterocycles. The minimum Gasteiger partial charge on any atom is -0.384 e. The van der Waals surface area contributed by atoms with Crippen molar-refractivity contribution < 1.29 is 9.23 Å². The molecule has 0 spiro atoms. The molecule has 0 aromatic heterocycles. The molecule has 2 N–H and O–H groups in total. The van der Waals surface area contributed by atoms with Crippen molar-refractivity contribution in [1.29, 1.82) is 0 Å². The van der Waals surface area contributed by atoms with Crippen LogP contribution in [0.2, 0.25) is 15.1 Å². The number of nitrogens with zero attached hydrogens (tertiary/aromatic N) is 1. The smallest absolute Gasteiger partial charge is 0.165 e. The van der Waals surface area contributed by atoms with Crippen LogP contribution in [0.25, 0.3) is 0 Å². The van der Waals surface area contributed by atoms with E-state index in [-0.39, 0.29) is 6.04 Å². The number of benzene rings is 2. The van der Waals surface area contributed by atoms with Crippen LogP contribution in [0, 0.1) is 0 Å². The van der Waals surface area contributed by atoms with Crippen LogP contribution < -0.4 is 5.73 Å². The Morgan fingerprint density at radius 3 is 2.22 bits per heavy atom. The summed E-state index contributed by atoms with van der Waals surface area (Å²) >= 11 is 18.3. The van der Waals surface area contributed by atoms with Crippen molar-refractivity contribution in [2.24, 2.45) is 10.9 Å². The highest BCUT2D eigenvalue weighted by Crippen LogP contribution is 2.45. The van der Waals surface area contributed by atoms with Gasteiger partial charge in [0.1, 0.15) is 5.67 Å². The van der Waals surface area contributed by atoms with Crippen LogP contribution in [-0.2, 0) is 16.1 Å². The largest absolute Gasteiger partial charge is 0.384 e. The molecule has 27 heavy (non-hydrogen) atoms. The third-order valence-electron chi connectivity index (χ3n) is 5.36. The maximum atomic E-state index is 14.7. The summed E-state index contributed by atoms with van der Waals surface area (Å²) in [4.78, 5) is 5.72. The second-order valence-corrected chi connectivity index (χ2v) is 8.69. The number of nitrogens with two attached hydrogens (primary N) is 1. The average Bonchev–Trinajstić information content (AvgIpc) is 3.02. The first-order valence-corrected chi connectivity index (χ1v) is 9.79. The van der Waals surface area contributed by atoms with E-state index in [1.165, 1.54) is 0 Å². The molecule has 1 fully saturated rings. The monoisotopic (exact) mass is 426 g/mol. The maximum Gasteiger partial charge on any atom is 0.165 e. The fourth-order valence-corrected chi connectivity index (χ4v) is 4.27. The summed E-state index contributed by atoms with van der Waals surface area (Å²) in [7, 11) is 0. The Hall–Kier alpha value is -1.33. The van der Waals surface area contributed by atoms with E-state index in [0.29, 0.717) is 39.9 Å². The number of oxime groups is 1. The molecule has 142 valence electrons. The fraction of sp³-hybridized carbons (Fsp3) is 0.350. The van der Waals surface area contributed by atoms with E-state index < -0.39 is 11.3 Å². The van der Waals surface area contributed by atoms with Gasteiger partial charge in [0.25, 0.3) is 0 Å². The molecule has 0 amide bonds. The Morgan fingerprint density at radius 2 is 1.67 bits per heavy atom. The first kappa shape index (κ1) is 19.0. The second-order valence-electron chi connectivity index (χ2n) is 7.50. The summed E-state index contributed by atoms with van der Waals surface area (Å²) < 4.78 is 14.7. The molecule has 1 heterocycles. The van der Waals surface area contributed by atoms with Gasteiger partial charge >= 0.3 is 0 Å². The summed E-state index contributed by atoms with van der Waals surface area (Å²) in [6, 6.07) is 10.8. The van der Waals surface area contributed by atoms with Crippen LogP contribution in [0.4, 0.5) is 4.39 Å². The topological polar surface area (TPSA) is 47.6 Å². The molecule has 1 aliphatic carbocycles. The highest BCUT2D eigenvalue weighted by atomic mass is 35.5. The van der Waals surface area contributed by atoms with E-state index >= 15 is 0 Å². The summed E-state index contributed by atoms with van der Waals surface area (Å²) in [6.45, 7) is 1.92. The van der Waals surface area contributed by atoms with Crippen molar-refractivity contribution in [3.05, 3.63) is 68.2 Å². The molecule has 4 rings (SSSR count). The molecule has 0 bridgehead atoms. The van der Waals surface area contributed by atoms with Gasteiger partial charge in [0.05, 0.1) is 20.8 Å². The number of hydrogen-bond acceptors (Lipinski definition) is 3. The van der Waals surface area contributed by atoms with Gasteiger partial charge in [-0.3, -0.25) is 0 Å². The van der Waals surface area contributed by atoms with Gasteiger partial charge in [-0.05, 0) is 30.2 Å². The zero-order valence-corrected chi connectivity index (χ0v) is 16.9. The minimum absolute atomic E-state index is 0.0546. The SMILES string of the molecule is CC1(c2cc(Cl)c(Cl)c(Cl)c2)CC(c2ccc(C3(F)CC(N)C3)cc2)=NO1. The van der Waals surface area contributed by atoms with Gasteiger partial charge in [-0.15, -0.1) is 0 Å². The Bertz CT molecular complexity index is 902. The Labute approximate surface area is 172 Å². The molecule has 2 aromatic carbocycles. The summed E-state index contributed by atoms with van der Waals surface area (Å²) in [5, 5.41) is 5.29. The van der Waals surface area contributed by atoms with Crippen molar-refractivity contribution in [2.75, 3.05) is 0 Å². The molecule has 2 aromatic rings. The van der Waals surface area contributed by atoms with Crippen LogP contribution in [0.15, 0.2) is 41.6 Å². The van der Waals surface area contributed by atoms with Crippen molar-refractivity contribution in [1.82, 2.24) is 0 Å². The zero-order valence-electron chi connectivity index (χ0n) is 14.6. The highest BCUT2D eigenvalue weighted by Gasteiger charge is 2.44. The predicted molar refractivity (Wildman–Crippen MR) is 108 cm³/mol.